The summed E-state index contributed by atoms with van der Waals surface area (Å²) in [5.74, 6) is 0. The second-order valence-electron chi connectivity index (χ2n) is 4.47. The molecule has 0 saturated carbocycles. The lowest BCUT2D eigenvalue weighted by Gasteiger charge is -2.37. The van der Waals surface area contributed by atoms with E-state index in [9.17, 15) is 0 Å². The maximum atomic E-state index is 8.58. The number of fused-ring (bicyclic) bond motifs is 1. The molecule has 2 aliphatic rings. The molecule has 0 radical (unpaired) electrons. The second-order valence-corrected chi connectivity index (χ2v) is 4.47. The summed E-state index contributed by atoms with van der Waals surface area (Å²) < 4.78 is 5.29. The molecule has 15 heavy (non-hydrogen) atoms. The molecule has 0 spiro atoms. The van der Waals surface area contributed by atoms with Crippen molar-refractivity contribution in [2.45, 2.75) is 18.9 Å². The van der Waals surface area contributed by atoms with Crippen LogP contribution in [-0.2, 0) is 4.74 Å². The van der Waals surface area contributed by atoms with E-state index in [1.807, 2.05) is 0 Å². The Morgan fingerprint density at radius 3 is 3.00 bits per heavy atom. The van der Waals surface area contributed by atoms with Gasteiger partial charge in [-0.3, -0.25) is 9.80 Å². The summed E-state index contributed by atoms with van der Waals surface area (Å²) in [6.07, 6.45) is 2.74. The van der Waals surface area contributed by atoms with Crippen molar-refractivity contribution in [1.29, 1.82) is 0 Å². The molecule has 0 amide bonds. The Balaban J connectivity index is 1.62. The summed E-state index contributed by atoms with van der Waals surface area (Å²) in [5, 5.41) is 8.58. The molecule has 4 nitrogen and oxygen atoms in total. The first-order valence-corrected chi connectivity index (χ1v) is 6.05. The van der Waals surface area contributed by atoms with E-state index in [1.54, 1.807) is 0 Å². The molecule has 2 fully saturated rings. The minimum absolute atomic E-state index is 0.135. The van der Waals surface area contributed by atoms with Gasteiger partial charge in [0.1, 0.15) is 0 Å². The van der Waals surface area contributed by atoms with Crippen LogP contribution in [0.15, 0.2) is 0 Å². The van der Waals surface area contributed by atoms with E-state index < -0.39 is 0 Å². The molecule has 1 atom stereocenters. The highest BCUT2D eigenvalue weighted by molar-refractivity contribution is 4.86. The summed E-state index contributed by atoms with van der Waals surface area (Å²) in [4.78, 5) is 5.11. The zero-order valence-electron chi connectivity index (χ0n) is 9.40. The third kappa shape index (κ3) is 3.14. The standard InChI is InChI=1S/C11H22N2O2/c14-7-9-15-8-6-12-4-5-13-3-1-2-11(13)10-12/h11,14H,1-10H2. The fourth-order valence-electron chi connectivity index (χ4n) is 2.62. The van der Waals surface area contributed by atoms with Gasteiger partial charge in [-0.2, -0.15) is 0 Å². The molecule has 0 aromatic rings. The summed E-state index contributed by atoms with van der Waals surface area (Å²) >= 11 is 0. The minimum Gasteiger partial charge on any atom is -0.394 e. The first kappa shape index (κ1) is 11.3. The average Bonchev–Trinajstić information content (AvgIpc) is 2.71. The Morgan fingerprint density at radius 2 is 2.13 bits per heavy atom. The van der Waals surface area contributed by atoms with Gasteiger partial charge >= 0.3 is 0 Å². The van der Waals surface area contributed by atoms with Gasteiger partial charge in [0.15, 0.2) is 0 Å². The summed E-state index contributed by atoms with van der Waals surface area (Å²) in [5.41, 5.74) is 0. The van der Waals surface area contributed by atoms with E-state index in [0.717, 1.165) is 19.2 Å². The summed E-state index contributed by atoms with van der Waals surface area (Å²) in [7, 11) is 0. The third-order valence-corrected chi connectivity index (χ3v) is 3.46. The Kier molecular flexibility index (Phi) is 4.38. The van der Waals surface area contributed by atoms with Crippen molar-refractivity contribution >= 4 is 0 Å². The first-order valence-electron chi connectivity index (χ1n) is 6.05. The van der Waals surface area contributed by atoms with E-state index in [-0.39, 0.29) is 6.61 Å². The molecule has 4 heteroatoms. The number of piperazine rings is 1. The summed E-state index contributed by atoms with van der Waals surface area (Å²) in [6.45, 7) is 7.31. The van der Waals surface area contributed by atoms with Crippen molar-refractivity contribution < 1.29 is 9.84 Å². The maximum absolute atomic E-state index is 8.58. The molecular weight excluding hydrogens is 192 g/mol. The van der Waals surface area contributed by atoms with E-state index in [1.165, 1.54) is 39.0 Å². The highest BCUT2D eigenvalue weighted by Crippen LogP contribution is 2.20. The number of hydrogen-bond donors (Lipinski definition) is 1. The number of ether oxygens (including phenoxy) is 1. The smallest absolute Gasteiger partial charge is 0.0698 e. The van der Waals surface area contributed by atoms with Crippen LogP contribution in [-0.4, -0.2) is 73.5 Å². The maximum Gasteiger partial charge on any atom is 0.0698 e. The topological polar surface area (TPSA) is 35.9 Å². The molecular formula is C11H22N2O2. The van der Waals surface area contributed by atoms with E-state index in [2.05, 4.69) is 9.80 Å². The Hall–Kier alpha value is -0.160. The fraction of sp³-hybridized carbons (Fsp3) is 1.00. The minimum atomic E-state index is 0.135. The Bertz CT molecular complexity index is 189. The molecule has 0 aromatic heterocycles. The average molecular weight is 214 g/mol. The van der Waals surface area contributed by atoms with E-state index in [4.69, 9.17) is 9.84 Å². The molecule has 2 saturated heterocycles. The molecule has 2 rings (SSSR count). The number of aliphatic hydroxyl groups excluding tert-OH is 1. The van der Waals surface area contributed by atoms with E-state index >= 15 is 0 Å². The molecule has 0 aromatic carbocycles. The zero-order chi connectivity index (χ0) is 10.5. The number of rotatable bonds is 5. The van der Waals surface area contributed by atoms with Gasteiger partial charge in [0.05, 0.1) is 19.8 Å². The molecule has 1 unspecified atom stereocenters. The van der Waals surface area contributed by atoms with Gasteiger partial charge in [0, 0.05) is 32.2 Å². The molecule has 1 N–H and O–H groups in total. The van der Waals surface area contributed by atoms with Crippen molar-refractivity contribution in [1.82, 2.24) is 9.80 Å². The normalized spacial score (nSPS) is 28.2. The van der Waals surface area contributed by atoms with Crippen LogP contribution in [0.2, 0.25) is 0 Å². The van der Waals surface area contributed by atoms with Crippen molar-refractivity contribution in [3.63, 3.8) is 0 Å². The molecule has 0 bridgehead atoms. The van der Waals surface area contributed by atoms with Crippen LogP contribution >= 0.6 is 0 Å². The van der Waals surface area contributed by atoms with Crippen molar-refractivity contribution in [2.75, 3.05) is 52.5 Å². The fourth-order valence-corrected chi connectivity index (χ4v) is 2.62. The Labute approximate surface area is 91.8 Å². The van der Waals surface area contributed by atoms with Crippen LogP contribution in [0.25, 0.3) is 0 Å². The summed E-state index contributed by atoms with van der Waals surface area (Å²) in [6, 6.07) is 0.802. The Morgan fingerprint density at radius 1 is 1.20 bits per heavy atom. The van der Waals surface area contributed by atoms with Crippen LogP contribution in [0.1, 0.15) is 12.8 Å². The van der Waals surface area contributed by atoms with Gasteiger partial charge in [-0.15, -0.1) is 0 Å². The molecule has 0 aliphatic carbocycles. The zero-order valence-corrected chi connectivity index (χ0v) is 9.40. The van der Waals surface area contributed by atoms with Gasteiger partial charge in [0.25, 0.3) is 0 Å². The van der Waals surface area contributed by atoms with Gasteiger partial charge in [-0.05, 0) is 19.4 Å². The third-order valence-electron chi connectivity index (χ3n) is 3.46. The van der Waals surface area contributed by atoms with Crippen LogP contribution in [0.3, 0.4) is 0 Å². The van der Waals surface area contributed by atoms with Gasteiger partial charge < -0.3 is 9.84 Å². The number of hydrogen-bond acceptors (Lipinski definition) is 4. The lowest BCUT2D eigenvalue weighted by molar-refractivity contribution is 0.0484. The first-order chi connectivity index (χ1) is 7.40. The highest BCUT2D eigenvalue weighted by Gasteiger charge is 2.29. The van der Waals surface area contributed by atoms with Crippen molar-refractivity contribution in [2.24, 2.45) is 0 Å². The van der Waals surface area contributed by atoms with E-state index in [0.29, 0.717) is 6.61 Å². The predicted molar refractivity (Wildman–Crippen MR) is 58.9 cm³/mol. The SMILES string of the molecule is OCCOCCN1CCN2CCCC2C1. The lowest BCUT2D eigenvalue weighted by Crippen LogP contribution is -2.50. The quantitative estimate of drug-likeness (QED) is 0.642. The van der Waals surface area contributed by atoms with Crippen LogP contribution in [0.4, 0.5) is 0 Å². The van der Waals surface area contributed by atoms with Gasteiger partial charge in [-0.1, -0.05) is 0 Å². The van der Waals surface area contributed by atoms with Gasteiger partial charge in [0.2, 0.25) is 0 Å². The van der Waals surface area contributed by atoms with Gasteiger partial charge in [-0.25, -0.2) is 0 Å². The van der Waals surface area contributed by atoms with Crippen LogP contribution < -0.4 is 0 Å². The molecule has 2 aliphatic heterocycles. The molecule has 88 valence electrons. The van der Waals surface area contributed by atoms with Crippen LogP contribution in [0.5, 0.6) is 0 Å². The van der Waals surface area contributed by atoms with Crippen molar-refractivity contribution in [3.8, 4) is 0 Å². The number of aliphatic hydroxyl groups is 1. The lowest BCUT2D eigenvalue weighted by atomic mass is 10.1. The predicted octanol–water partition coefficient (Wildman–Crippen LogP) is -0.225. The highest BCUT2D eigenvalue weighted by atomic mass is 16.5. The van der Waals surface area contributed by atoms with Crippen molar-refractivity contribution in [3.05, 3.63) is 0 Å². The number of nitrogens with zero attached hydrogens (tertiary/aromatic N) is 2. The largest absolute Gasteiger partial charge is 0.394 e. The monoisotopic (exact) mass is 214 g/mol. The van der Waals surface area contributed by atoms with Crippen LogP contribution in [0, 0.1) is 0 Å². The second kappa shape index (κ2) is 5.80. The molecule has 2 heterocycles.